The number of piperidine rings is 1. The normalized spacial score (nSPS) is 18.3. The first kappa shape index (κ1) is 32.1. The molecule has 2 aliphatic rings. The highest BCUT2D eigenvalue weighted by Crippen LogP contribution is 2.43. The van der Waals surface area contributed by atoms with Crippen molar-refractivity contribution in [1.82, 2.24) is 25.1 Å². The highest BCUT2D eigenvalue weighted by atomic mass is 19.4. The first-order valence-electron chi connectivity index (χ1n) is 15.4. The zero-order valence-corrected chi connectivity index (χ0v) is 26.0. The van der Waals surface area contributed by atoms with E-state index in [1.807, 2.05) is 36.1 Å². The smallest absolute Gasteiger partial charge is 0.429 e. The van der Waals surface area contributed by atoms with E-state index in [1.165, 1.54) is 16.8 Å². The van der Waals surface area contributed by atoms with E-state index in [0.717, 1.165) is 5.56 Å². The number of rotatable bonds is 9. The Morgan fingerprint density at radius 3 is 2.55 bits per heavy atom. The summed E-state index contributed by atoms with van der Waals surface area (Å²) in [5.74, 6) is -0.423. The molecule has 0 bridgehead atoms. The Bertz CT molecular complexity index is 1750. The lowest BCUT2D eigenvalue weighted by Gasteiger charge is -2.39. The maximum atomic E-state index is 14.9. The number of nitrogens with one attached hydrogen (secondary N) is 1. The van der Waals surface area contributed by atoms with Crippen LogP contribution in [0.1, 0.15) is 43.5 Å². The molecule has 0 saturated carbocycles. The summed E-state index contributed by atoms with van der Waals surface area (Å²) in [5.41, 5.74) is 7.92. The monoisotopic (exact) mass is 651 g/mol. The number of nitrogens with zero attached hydrogens (tertiary/aromatic N) is 5. The lowest BCUT2D eigenvalue weighted by atomic mass is 9.76. The maximum Gasteiger partial charge on any atom is 0.429 e. The van der Waals surface area contributed by atoms with Crippen LogP contribution >= 0.6 is 0 Å². The molecule has 0 radical (unpaired) electrons. The van der Waals surface area contributed by atoms with E-state index in [2.05, 4.69) is 20.4 Å². The van der Waals surface area contributed by atoms with Crippen molar-refractivity contribution in [2.75, 3.05) is 36.9 Å². The van der Waals surface area contributed by atoms with Crippen LogP contribution < -0.4 is 25.4 Å². The van der Waals surface area contributed by atoms with Gasteiger partial charge in [0.2, 0.25) is 17.9 Å². The van der Waals surface area contributed by atoms with Gasteiger partial charge < -0.3 is 30.5 Å². The molecule has 2 aromatic heterocycles. The van der Waals surface area contributed by atoms with Gasteiger partial charge in [-0.2, -0.15) is 28.2 Å². The van der Waals surface area contributed by atoms with Gasteiger partial charge in [-0.05, 0) is 73.9 Å². The van der Waals surface area contributed by atoms with Crippen LogP contribution in [0.5, 0.6) is 11.6 Å². The van der Waals surface area contributed by atoms with Gasteiger partial charge in [0.25, 0.3) is 0 Å². The van der Waals surface area contributed by atoms with Gasteiger partial charge in [0.1, 0.15) is 17.6 Å². The van der Waals surface area contributed by atoms with Gasteiger partial charge in [0, 0.05) is 37.5 Å². The molecule has 4 aromatic rings. The number of aromatic nitrogens is 4. The number of carbonyl (C=O) groups is 1. The average molecular weight is 652 g/mol. The number of halogens is 3. The van der Waals surface area contributed by atoms with Gasteiger partial charge in [-0.15, -0.1) is 0 Å². The van der Waals surface area contributed by atoms with E-state index >= 15 is 0 Å². The molecule has 6 rings (SSSR count). The molecule has 47 heavy (non-hydrogen) atoms. The number of nitrogens with two attached hydrogens (primary N) is 1. The molecule has 0 amide bonds. The van der Waals surface area contributed by atoms with E-state index in [0.29, 0.717) is 68.3 Å². The first-order chi connectivity index (χ1) is 22.4. The minimum atomic E-state index is -4.83. The lowest BCUT2D eigenvalue weighted by Crippen LogP contribution is -2.41. The maximum absolute atomic E-state index is 14.9. The van der Waals surface area contributed by atoms with Crippen molar-refractivity contribution >= 4 is 17.7 Å². The van der Waals surface area contributed by atoms with E-state index in [1.54, 1.807) is 31.3 Å². The highest BCUT2D eigenvalue weighted by molar-refractivity contribution is 5.74. The molecular formula is C33H36F3N7O4. The van der Waals surface area contributed by atoms with Crippen molar-refractivity contribution in [3.05, 3.63) is 72.1 Å². The van der Waals surface area contributed by atoms with E-state index < -0.39 is 24.3 Å². The minimum Gasteiger partial charge on any atom is -0.494 e. The summed E-state index contributed by atoms with van der Waals surface area (Å²) >= 11 is 0. The molecule has 2 saturated heterocycles. The van der Waals surface area contributed by atoms with Gasteiger partial charge in [-0.3, -0.25) is 4.79 Å². The summed E-state index contributed by atoms with van der Waals surface area (Å²) in [6.07, 6.45) is -3.72. The summed E-state index contributed by atoms with van der Waals surface area (Å²) < 4.78 is 57.3. The fraction of sp³-hybridized carbons (Fsp3) is 0.394. The molecule has 14 heteroatoms. The van der Waals surface area contributed by atoms with Gasteiger partial charge in [-0.1, -0.05) is 24.3 Å². The number of hydrogen-bond acceptors (Lipinski definition) is 9. The fourth-order valence-corrected chi connectivity index (χ4v) is 6.39. The predicted octanol–water partition coefficient (Wildman–Crippen LogP) is 5.33. The minimum absolute atomic E-state index is 0.156. The molecule has 2 fully saturated rings. The SMILES string of the molecule is CCOc1cccc(-c2ccc(C(Oc3cc(N4CCC5(CC4)CN[C@H](C(=O)O)C5)nc(N)n3)C(F)(F)F)c(-n3ccc(C)n3)c2)c1. The Morgan fingerprint density at radius 1 is 1.13 bits per heavy atom. The molecule has 11 nitrogen and oxygen atoms in total. The number of carboxylic acid groups (broad SMARTS) is 1. The van der Waals surface area contributed by atoms with E-state index in [9.17, 15) is 23.1 Å². The zero-order valence-electron chi connectivity index (χ0n) is 26.0. The molecule has 2 aliphatic heterocycles. The second kappa shape index (κ2) is 12.7. The lowest BCUT2D eigenvalue weighted by molar-refractivity contribution is -0.198. The van der Waals surface area contributed by atoms with Gasteiger partial charge in [0.15, 0.2) is 0 Å². The van der Waals surface area contributed by atoms with E-state index in [4.69, 9.17) is 15.2 Å². The average Bonchev–Trinajstić information content (AvgIpc) is 3.66. The van der Waals surface area contributed by atoms with Crippen LogP contribution in [0.15, 0.2) is 60.8 Å². The van der Waals surface area contributed by atoms with Gasteiger partial charge in [0.05, 0.1) is 18.0 Å². The van der Waals surface area contributed by atoms with Crippen LogP contribution in [0, 0.1) is 12.3 Å². The van der Waals surface area contributed by atoms with Crippen LogP contribution in [0.4, 0.5) is 24.9 Å². The first-order valence-corrected chi connectivity index (χ1v) is 15.4. The van der Waals surface area contributed by atoms with Crippen LogP contribution in [-0.2, 0) is 4.79 Å². The topological polar surface area (TPSA) is 141 Å². The summed E-state index contributed by atoms with van der Waals surface area (Å²) in [6.45, 7) is 5.76. The zero-order chi connectivity index (χ0) is 33.3. The molecule has 4 N–H and O–H groups in total. The van der Waals surface area contributed by atoms with Crippen molar-refractivity contribution in [1.29, 1.82) is 0 Å². The van der Waals surface area contributed by atoms with Crippen LogP contribution in [0.3, 0.4) is 0 Å². The van der Waals surface area contributed by atoms with Crippen LogP contribution in [0.2, 0.25) is 0 Å². The number of hydrogen-bond donors (Lipinski definition) is 3. The number of anilines is 2. The number of ether oxygens (including phenoxy) is 2. The van der Waals surface area contributed by atoms with Gasteiger partial charge in [-0.25, -0.2) is 4.68 Å². The predicted molar refractivity (Wildman–Crippen MR) is 169 cm³/mol. The summed E-state index contributed by atoms with van der Waals surface area (Å²) in [4.78, 5) is 21.7. The standard InChI is InChI=1S/C33H36F3N7O4/c1-3-46-23-6-4-5-21(15-23)22-7-8-24(26(16-22)43-12-9-20(2)41-43)29(33(34,35)36)47-28-17-27(39-31(37)40-28)42-13-10-32(11-14-42)18-25(30(44)45)38-19-32/h4-9,12,15-17,25,29,38H,3,10-11,13-14,18-19H2,1-2H3,(H,44,45)(H2,37,39,40)/t25-,29?/m0/s1. The molecule has 0 aliphatic carbocycles. The third-order valence-corrected chi connectivity index (χ3v) is 8.81. The Morgan fingerprint density at radius 2 is 1.89 bits per heavy atom. The number of aliphatic carboxylic acids is 1. The van der Waals surface area contributed by atoms with Crippen LogP contribution in [-0.4, -0.2) is 69.3 Å². The van der Waals surface area contributed by atoms with Gasteiger partial charge >= 0.3 is 12.1 Å². The number of alkyl halides is 3. The van der Waals surface area contributed by atoms with Crippen molar-refractivity contribution < 1.29 is 32.5 Å². The molecule has 1 spiro atoms. The third-order valence-electron chi connectivity index (χ3n) is 8.81. The highest BCUT2D eigenvalue weighted by Gasteiger charge is 2.46. The second-order valence-corrected chi connectivity index (χ2v) is 12.1. The number of benzene rings is 2. The molecular weight excluding hydrogens is 615 g/mol. The summed E-state index contributed by atoms with van der Waals surface area (Å²) in [6, 6.07) is 14.5. The quantitative estimate of drug-likeness (QED) is 0.217. The molecule has 1 unspecified atom stereocenters. The summed E-state index contributed by atoms with van der Waals surface area (Å²) in [7, 11) is 0. The Kier molecular flexibility index (Phi) is 8.70. The fourth-order valence-electron chi connectivity index (χ4n) is 6.39. The molecule has 2 atom stereocenters. The number of aryl methyl sites for hydroxylation is 1. The number of carboxylic acids is 1. The third kappa shape index (κ3) is 6.97. The Hall–Kier alpha value is -4.85. The Labute approximate surface area is 269 Å². The molecule has 4 heterocycles. The Balaban J connectivity index is 1.31. The van der Waals surface area contributed by atoms with Crippen molar-refractivity contribution in [3.63, 3.8) is 0 Å². The molecule has 2 aromatic carbocycles. The number of nitrogen functional groups attached to an aromatic ring is 1. The van der Waals surface area contributed by atoms with Crippen molar-refractivity contribution in [2.24, 2.45) is 5.41 Å². The summed E-state index contributed by atoms with van der Waals surface area (Å²) in [5, 5.41) is 16.9. The molecule has 248 valence electrons. The van der Waals surface area contributed by atoms with Crippen molar-refractivity contribution in [2.45, 2.75) is 51.4 Å². The van der Waals surface area contributed by atoms with E-state index in [-0.39, 0.29) is 28.5 Å². The largest absolute Gasteiger partial charge is 0.494 e. The van der Waals surface area contributed by atoms with Crippen molar-refractivity contribution in [3.8, 4) is 28.4 Å². The second-order valence-electron chi connectivity index (χ2n) is 12.1. The van der Waals surface area contributed by atoms with Crippen LogP contribution in [0.25, 0.3) is 16.8 Å².